The second kappa shape index (κ2) is 9.63. The number of rotatable bonds is 5. The SMILES string of the molecule is CC(C)(C)N(Cc1ccc(-c2nc3c(-c4cscn4)c[nH]c(=O)c3cc2-c2ccccc2)cc1)C(=O)O. The van der Waals surface area contributed by atoms with Crippen molar-refractivity contribution in [2.75, 3.05) is 0 Å². The Morgan fingerprint density at radius 1 is 1.03 bits per heavy atom. The van der Waals surface area contributed by atoms with Gasteiger partial charge in [-0.1, -0.05) is 54.6 Å². The number of nitrogens with zero attached hydrogens (tertiary/aromatic N) is 3. The van der Waals surface area contributed by atoms with Crippen LogP contribution in [0, 0.1) is 0 Å². The van der Waals surface area contributed by atoms with E-state index < -0.39 is 11.6 Å². The number of hydrogen-bond donors (Lipinski definition) is 2. The molecule has 5 aromatic rings. The van der Waals surface area contributed by atoms with Crippen LogP contribution in [0.3, 0.4) is 0 Å². The minimum atomic E-state index is -0.959. The van der Waals surface area contributed by atoms with E-state index >= 15 is 0 Å². The standard InChI is InChI=1S/C29H26N4O3S/c1-29(2,3)33(28(35)36)15-18-9-11-20(12-10-18)25-21(19-7-5-4-6-8-19)13-22-26(32-25)23(14-30-27(22)34)24-16-37-17-31-24/h4-14,16-17H,15H2,1-3H3,(H,30,34)(H,35,36). The van der Waals surface area contributed by atoms with E-state index in [0.29, 0.717) is 10.9 Å². The molecular weight excluding hydrogens is 484 g/mol. The number of carbonyl (C=O) groups is 1. The van der Waals surface area contributed by atoms with Crippen LogP contribution in [0.15, 0.2) is 82.5 Å². The number of amides is 1. The first kappa shape index (κ1) is 24.4. The van der Waals surface area contributed by atoms with Crippen molar-refractivity contribution < 1.29 is 9.90 Å². The van der Waals surface area contributed by atoms with Crippen LogP contribution in [0.2, 0.25) is 0 Å². The van der Waals surface area contributed by atoms with E-state index in [2.05, 4.69) is 9.97 Å². The summed E-state index contributed by atoms with van der Waals surface area (Å²) in [6, 6.07) is 19.5. The van der Waals surface area contributed by atoms with Gasteiger partial charge in [-0.25, -0.2) is 14.8 Å². The Morgan fingerprint density at radius 3 is 2.38 bits per heavy atom. The summed E-state index contributed by atoms with van der Waals surface area (Å²) in [7, 11) is 0. The van der Waals surface area contributed by atoms with Crippen molar-refractivity contribution in [1.82, 2.24) is 19.9 Å². The summed E-state index contributed by atoms with van der Waals surface area (Å²) in [6.07, 6.45) is 0.702. The maximum absolute atomic E-state index is 12.8. The molecule has 0 saturated heterocycles. The molecule has 0 unspecified atom stereocenters. The molecule has 2 aromatic carbocycles. The van der Waals surface area contributed by atoms with Crippen molar-refractivity contribution in [2.45, 2.75) is 32.9 Å². The molecule has 0 aliphatic rings. The highest BCUT2D eigenvalue weighted by molar-refractivity contribution is 7.07. The van der Waals surface area contributed by atoms with E-state index in [1.54, 1.807) is 11.7 Å². The third kappa shape index (κ3) is 4.88. The molecule has 1 amide bonds. The lowest BCUT2D eigenvalue weighted by Gasteiger charge is -2.33. The number of carboxylic acid groups (broad SMARTS) is 1. The number of nitrogens with one attached hydrogen (secondary N) is 1. The Labute approximate surface area is 218 Å². The predicted molar refractivity (Wildman–Crippen MR) is 148 cm³/mol. The number of pyridine rings is 2. The topological polar surface area (TPSA) is 99.2 Å². The number of hydrogen-bond acceptors (Lipinski definition) is 5. The normalized spacial score (nSPS) is 11.5. The van der Waals surface area contributed by atoms with Crippen LogP contribution in [-0.2, 0) is 6.54 Å². The molecular formula is C29H26N4O3S. The molecule has 0 aliphatic carbocycles. The quantitative estimate of drug-likeness (QED) is 0.275. The second-order valence-electron chi connectivity index (χ2n) is 9.79. The maximum Gasteiger partial charge on any atom is 0.408 e. The lowest BCUT2D eigenvalue weighted by molar-refractivity contribution is 0.0955. The minimum Gasteiger partial charge on any atom is -0.465 e. The molecule has 0 atom stereocenters. The molecule has 0 fully saturated rings. The average molecular weight is 511 g/mol. The number of benzene rings is 2. The Morgan fingerprint density at radius 2 is 1.76 bits per heavy atom. The second-order valence-corrected chi connectivity index (χ2v) is 10.5. The van der Waals surface area contributed by atoms with Crippen LogP contribution in [0.5, 0.6) is 0 Å². The molecule has 0 aliphatic heterocycles. The fourth-order valence-corrected chi connectivity index (χ4v) is 4.87. The van der Waals surface area contributed by atoms with Crippen molar-refractivity contribution in [3.63, 3.8) is 0 Å². The van der Waals surface area contributed by atoms with Gasteiger partial charge in [0.25, 0.3) is 5.56 Å². The Kier molecular flexibility index (Phi) is 6.35. The lowest BCUT2D eigenvalue weighted by atomic mass is 9.96. The van der Waals surface area contributed by atoms with E-state index in [4.69, 9.17) is 4.98 Å². The highest BCUT2D eigenvalue weighted by atomic mass is 32.1. The van der Waals surface area contributed by atoms with Gasteiger partial charge in [0.1, 0.15) is 0 Å². The molecule has 3 heterocycles. The zero-order valence-corrected chi connectivity index (χ0v) is 21.5. The van der Waals surface area contributed by atoms with Gasteiger partial charge in [-0.15, -0.1) is 11.3 Å². The van der Waals surface area contributed by atoms with Crippen molar-refractivity contribution >= 4 is 28.3 Å². The molecule has 0 radical (unpaired) electrons. The third-order valence-electron chi connectivity index (χ3n) is 6.27. The fraction of sp³-hybridized carbons (Fsp3) is 0.172. The molecule has 8 heteroatoms. The largest absolute Gasteiger partial charge is 0.465 e. The summed E-state index contributed by atoms with van der Waals surface area (Å²) in [4.78, 5) is 38.4. The van der Waals surface area contributed by atoms with Gasteiger partial charge in [0.2, 0.25) is 0 Å². The van der Waals surface area contributed by atoms with Crippen LogP contribution < -0.4 is 5.56 Å². The van der Waals surface area contributed by atoms with Crippen molar-refractivity contribution in [3.05, 3.63) is 93.7 Å². The van der Waals surface area contributed by atoms with Crippen molar-refractivity contribution in [3.8, 4) is 33.6 Å². The minimum absolute atomic E-state index is 0.212. The van der Waals surface area contributed by atoms with Gasteiger partial charge in [0.15, 0.2) is 0 Å². The number of H-pyrrole nitrogens is 1. The average Bonchev–Trinajstić information content (AvgIpc) is 3.42. The number of aromatic amines is 1. The Hall–Kier alpha value is -4.30. The van der Waals surface area contributed by atoms with E-state index in [9.17, 15) is 14.7 Å². The zero-order valence-electron chi connectivity index (χ0n) is 20.7. The number of aromatic nitrogens is 3. The molecule has 0 spiro atoms. The molecule has 2 N–H and O–H groups in total. The Balaban J connectivity index is 1.67. The number of fused-ring (bicyclic) bond motifs is 1. The van der Waals surface area contributed by atoms with Crippen LogP contribution >= 0.6 is 11.3 Å². The fourth-order valence-electron chi connectivity index (χ4n) is 4.32. The maximum atomic E-state index is 12.8. The van der Waals surface area contributed by atoms with Crippen LogP contribution in [0.4, 0.5) is 4.79 Å². The van der Waals surface area contributed by atoms with Gasteiger partial charge in [0, 0.05) is 40.4 Å². The molecule has 5 rings (SSSR count). The summed E-state index contributed by atoms with van der Waals surface area (Å²) in [5, 5.41) is 12.1. The van der Waals surface area contributed by atoms with Crippen molar-refractivity contribution in [1.29, 1.82) is 0 Å². The first-order chi connectivity index (χ1) is 17.7. The summed E-state index contributed by atoms with van der Waals surface area (Å²) < 4.78 is 0. The zero-order chi connectivity index (χ0) is 26.2. The molecule has 3 aromatic heterocycles. The highest BCUT2D eigenvalue weighted by Gasteiger charge is 2.26. The first-order valence-corrected chi connectivity index (χ1v) is 12.8. The van der Waals surface area contributed by atoms with Gasteiger partial charge in [-0.2, -0.15) is 0 Å². The van der Waals surface area contributed by atoms with Gasteiger partial charge >= 0.3 is 6.09 Å². The van der Waals surface area contributed by atoms with Gasteiger partial charge < -0.3 is 10.1 Å². The van der Waals surface area contributed by atoms with Gasteiger partial charge in [-0.3, -0.25) is 9.69 Å². The monoisotopic (exact) mass is 510 g/mol. The van der Waals surface area contributed by atoms with Crippen LogP contribution in [0.25, 0.3) is 44.5 Å². The van der Waals surface area contributed by atoms with E-state index in [0.717, 1.165) is 39.2 Å². The molecule has 186 valence electrons. The first-order valence-electron chi connectivity index (χ1n) is 11.8. The van der Waals surface area contributed by atoms with Gasteiger partial charge in [0.05, 0.1) is 27.8 Å². The molecule has 0 saturated carbocycles. The van der Waals surface area contributed by atoms with E-state index in [1.807, 2.05) is 86.8 Å². The lowest BCUT2D eigenvalue weighted by Crippen LogP contribution is -2.44. The van der Waals surface area contributed by atoms with E-state index in [1.165, 1.54) is 16.2 Å². The highest BCUT2D eigenvalue weighted by Crippen LogP contribution is 2.35. The predicted octanol–water partition coefficient (Wildman–Crippen LogP) is 6.66. The summed E-state index contributed by atoms with van der Waals surface area (Å²) >= 11 is 1.48. The van der Waals surface area contributed by atoms with Crippen LogP contribution in [-0.4, -0.2) is 36.6 Å². The Bertz CT molecular complexity index is 1620. The molecule has 37 heavy (non-hydrogen) atoms. The van der Waals surface area contributed by atoms with E-state index in [-0.39, 0.29) is 12.1 Å². The smallest absolute Gasteiger partial charge is 0.408 e. The number of thiazole rings is 1. The van der Waals surface area contributed by atoms with Crippen LogP contribution in [0.1, 0.15) is 26.3 Å². The summed E-state index contributed by atoms with van der Waals surface area (Å²) in [6.45, 7) is 5.91. The molecule has 0 bridgehead atoms. The third-order valence-corrected chi connectivity index (χ3v) is 6.86. The van der Waals surface area contributed by atoms with Gasteiger partial charge in [-0.05, 0) is 38.0 Å². The summed E-state index contributed by atoms with van der Waals surface area (Å²) in [5.74, 6) is 0. The summed E-state index contributed by atoms with van der Waals surface area (Å²) in [5.41, 5.74) is 7.37. The molecule has 7 nitrogen and oxygen atoms in total. The van der Waals surface area contributed by atoms with Crippen molar-refractivity contribution in [2.24, 2.45) is 0 Å².